The molecule has 2 N–H and O–H groups in total. The van der Waals surface area contributed by atoms with Crippen LogP contribution in [0.15, 0.2) is 48.5 Å². The zero-order valence-corrected chi connectivity index (χ0v) is 15.3. The number of nitrogens with zero attached hydrogens (tertiary/aromatic N) is 1. The number of nitrogens with two attached hydrogens (primary N) is 1. The lowest BCUT2D eigenvalue weighted by molar-refractivity contribution is -0.118. The lowest BCUT2D eigenvalue weighted by Gasteiger charge is -2.17. The number of amides is 1. The highest BCUT2D eigenvalue weighted by molar-refractivity contribution is 7.19. The number of hydrogen-bond donors (Lipinski definition) is 1. The van der Waals surface area contributed by atoms with Crippen LogP contribution in [0.25, 0.3) is 10.6 Å². The van der Waals surface area contributed by atoms with Gasteiger partial charge >= 0.3 is 0 Å². The molecule has 2 aromatic heterocycles. The van der Waals surface area contributed by atoms with Gasteiger partial charge in [-0.3, -0.25) is 9.78 Å². The number of pyridine rings is 1. The second-order valence-corrected chi connectivity index (χ2v) is 7.55. The van der Waals surface area contributed by atoms with Crippen molar-refractivity contribution in [3.8, 4) is 10.6 Å². The van der Waals surface area contributed by atoms with Gasteiger partial charge in [0, 0.05) is 15.6 Å². The van der Waals surface area contributed by atoms with Crippen molar-refractivity contribution in [1.29, 1.82) is 0 Å². The van der Waals surface area contributed by atoms with Crippen molar-refractivity contribution < 1.29 is 4.79 Å². The zero-order valence-electron chi connectivity index (χ0n) is 12.2. The molecule has 3 rings (SSSR count). The summed E-state index contributed by atoms with van der Waals surface area (Å²) in [6, 6.07) is 14.1. The summed E-state index contributed by atoms with van der Waals surface area (Å²) in [5, 5.41) is 0.746. The van der Waals surface area contributed by atoms with Crippen molar-refractivity contribution in [2.75, 3.05) is 0 Å². The third kappa shape index (κ3) is 3.42. The first-order valence-corrected chi connectivity index (χ1v) is 8.88. The summed E-state index contributed by atoms with van der Waals surface area (Å²) in [6.07, 6.45) is 0. The average molecular weight is 398 g/mol. The molecule has 0 aliphatic heterocycles. The molecule has 0 saturated carbocycles. The molecule has 0 spiro atoms. The molecule has 0 radical (unpaired) electrons. The van der Waals surface area contributed by atoms with Gasteiger partial charge in [-0.15, -0.1) is 11.3 Å². The molecule has 0 bridgehead atoms. The van der Waals surface area contributed by atoms with E-state index in [0.717, 1.165) is 4.88 Å². The molecular formula is C17H11Cl3N2OS. The van der Waals surface area contributed by atoms with Crippen LogP contribution in [0, 0.1) is 0 Å². The van der Waals surface area contributed by atoms with Crippen LogP contribution in [0.3, 0.4) is 0 Å². The Kier molecular flexibility index (Phi) is 5.11. The van der Waals surface area contributed by atoms with Gasteiger partial charge in [-0.05, 0) is 36.4 Å². The van der Waals surface area contributed by atoms with Crippen molar-refractivity contribution in [3.05, 3.63) is 74.2 Å². The van der Waals surface area contributed by atoms with Crippen molar-refractivity contribution in [2.24, 2.45) is 5.73 Å². The molecule has 1 atom stereocenters. The van der Waals surface area contributed by atoms with Crippen LogP contribution >= 0.6 is 46.1 Å². The fourth-order valence-corrected chi connectivity index (χ4v) is 4.05. The second-order valence-electron chi connectivity index (χ2n) is 5.02. The van der Waals surface area contributed by atoms with Crippen molar-refractivity contribution in [1.82, 2.24) is 4.98 Å². The molecular weight excluding hydrogens is 387 g/mol. The lowest BCUT2D eigenvalue weighted by atomic mass is 9.94. The molecule has 1 unspecified atom stereocenters. The fourth-order valence-electron chi connectivity index (χ4n) is 2.42. The van der Waals surface area contributed by atoms with Gasteiger partial charge in [-0.25, -0.2) is 0 Å². The molecule has 0 saturated heterocycles. The number of carbonyl (C=O) groups is 1. The Bertz CT molecular complexity index is 890. The van der Waals surface area contributed by atoms with Crippen LogP contribution in [0.4, 0.5) is 0 Å². The maximum absolute atomic E-state index is 12.1. The van der Waals surface area contributed by atoms with E-state index < -0.39 is 11.8 Å². The zero-order chi connectivity index (χ0) is 17.3. The molecule has 2 heterocycles. The Morgan fingerprint density at radius 3 is 2.25 bits per heavy atom. The fraction of sp³-hybridized carbons (Fsp3) is 0.0588. The summed E-state index contributed by atoms with van der Waals surface area (Å²) in [4.78, 5) is 17.6. The smallest absolute Gasteiger partial charge is 0.231 e. The number of benzene rings is 1. The van der Waals surface area contributed by atoms with Crippen LogP contribution in [0.1, 0.15) is 17.2 Å². The SMILES string of the molecule is NC(=O)C(c1cccc(-c2ccc(Cl)s2)n1)c1c(Cl)cccc1Cl. The Hall–Kier alpha value is -1.59. The third-order valence-electron chi connectivity index (χ3n) is 3.46. The maximum Gasteiger partial charge on any atom is 0.231 e. The van der Waals surface area contributed by atoms with Crippen LogP contribution in [0.2, 0.25) is 14.4 Å². The molecule has 7 heteroatoms. The van der Waals surface area contributed by atoms with Crippen molar-refractivity contribution >= 4 is 52.0 Å². The number of carbonyl (C=O) groups excluding carboxylic acids is 1. The molecule has 0 aliphatic rings. The summed E-state index contributed by atoms with van der Waals surface area (Å²) in [5.74, 6) is -1.40. The monoisotopic (exact) mass is 396 g/mol. The quantitative estimate of drug-likeness (QED) is 0.642. The van der Waals surface area contributed by atoms with E-state index in [1.807, 2.05) is 18.2 Å². The largest absolute Gasteiger partial charge is 0.369 e. The molecule has 122 valence electrons. The Balaban J connectivity index is 2.12. The molecule has 0 aliphatic carbocycles. The highest BCUT2D eigenvalue weighted by Gasteiger charge is 2.26. The van der Waals surface area contributed by atoms with Crippen molar-refractivity contribution in [2.45, 2.75) is 5.92 Å². The van der Waals surface area contributed by atoms with Gasteiger partial charge in [0.25, 0.3) is 0 Å². The highest BCUT2D eigenvalue weighted by Crippen LogP contribution is 2.36. The van der Waals surface area contributed by atoms with Gasteiger partial charge in [-0.1, -0.05) is 46.9 Å². The molecule has 3 aromatic rings. The van der Waals surface area contributed by atoms with E-state index >= 15 is 0 Å². The molecule has 3 nitrogen and oxygen atoms in total. The minimum Gasteiger partial charge on any atom is -0.369 e. The molecule has 0 fully saturated rings. The predicted octanol–water partition coefficient (Wildman–Crippen LogP) is 5.39. The van der Waals surface area contributed by atoms with E-state index in [1.54, 1.807) is 30.3 Å². The predicted molar refractivity (Wildman–Crippen MR) is 100 cm³/mol. The second kappa shape index (κ2) is 7.11. The van der Waals surface area contributed by atoms with Crippen molar-refractivity contribution in [3.63, 3.8) is 0 Å². The maximum atomic E-state index is 12.1. The van der Waals surface area contributed by atoms with Crippen LogP contribution in [-0.2, 0) is 4.79 Å². The number of primary amides is 1. The normalized spacial score (nSPS) is 12.1. The topological polar surface area (TPSA) is 56.0 Å². The van der Waals surface area contributed by atoms with E-state index in [9.17, 15) is 4.79 Å². The lowest BCUT2D eigenvalue weighted by Crippen LogP contribution is -2.24. The minimum absolute atomic E-state index is 0.373. The van der Waals surface area contributed by atoms with E-state index in [1.165, 1.54) is 11.3 Å². The summed E-state index contributed by atoms with van der Waals surface area (Å²) >= 11 is 19.9. The van der Waals surface area contributed by atoms with Crippen LogP contribution in [0.5, 0.6) is 0 Å². The summed E-state index contributed by atoms with van der Waals surface area (Å²) in [6.45, 7) is 0. The van der Waals surface area contributed by atoms with Gasteiger partial charge < -0.3 is 5.73 Å². The first kappa shape index (κ1) is 17.2. The van der Waals surface area contributed by atoms with Gasteiger partial charge in [0.2, 0.25) is 5.91 Å². The Labute approximate surface area is 158 Å². The number of aromatic nitrogens is 1. The molecule has 24 heavy (non-hydrogen) atoms. The Morgan fingerprint density at radius 1 is 1.00 bits per heavy atom. The van der Waals surface area contributed by atoms with E-state index in [0.29, 0.717) is 31.3 Å². The van der Waals surface area contributed by atoms with E-state index in [-0.39, 0.29) is 0 Å². The first-order chi connectivity index (χ1) is 11.5. The average Bonchev–Trinajstić information content (AvgIpc) is 2.97. The van der Waals surface area contributed by atoms with Gasteiger partial charge in [-0.2, -0.15) is 0 Å². The molecule has 1 amide bonds. The number of thiophene rings is 1. The standard InChI is InChI=1S/C17H11Cl3N2OS/c18-9-3-1-4-10(19)15(9)16(17(21)23)12-6-2-5-11(22-12)13-7-8-14(20)24-13/h1-8,16H,(H2,21,23). The number of halogens is 3. The third-order valence-corrected chi connectivity index (χ3v) is 5.38. The summed E-state index contributed by atoms with van der Waals surface area (Å²) in [5.41, 5.74) is 7.27. The first-order valence-electron chi connectivity index (χ1n) is 6.93. The van der Waals surface area contributed by atoms with Gasteiger partial charge in [0.15, 0.2) is 0 Å². The van der Waals surface area contributed by atoms with Gasteiger partial charge in [0.05, 0.1) is 20.6 Å². The minimum atomic E-state index is -0.832. The van der Waals surface area contributed by atoms with Crippen LogP contribution in [-0.4, -0.2) is 10.9 Å². The van der Waals surface area contributed by atoms with Crippen LogP contribution < -0.4 is 5.73 Å². The Morgan fingerprint density at radius 2 is 1.67 bits per heavy atom. The van der Waals surface area contributed by atoms with Gasteiger partial charge in [0.1, 0.15) is 5.92 Å². The summed E-state index contributed by atoms with van der Waals surface area (Å²) < 4.78 is 0.665. The summed E-state index contributed by atoms with van der Waals surface area (Å²) in [7, 11) is 0. The van der Waals surface area contributed by atoms with E-state index in [2.05, 4.69) is 4.98 Å². The number of rotatable bonds is 4. The highest BCUT2D eigenvalue weighted by atomic mass is 35.5. The number of hydrogen-bond acceptors (Lipinski definition) is 3. The molecule has 1 aromatic carbocycles. The van der Waals surface area contributed by atoms with E-state index in [4.69, 9.17) is 40.5 Å².